The molecule has 2 aromatic rings. The Morgan fingerprint density at radius 3 is 1.77 bits per heavy atom. The molecule has 0 aromatic heterocycles. The molecule has 0 unspecified atom stereocenters. The average Bonchev–Trinajstić information content (AvgIpc) is 2.52. The van der Waals surface area contributed by atoms with Crippen molar-refractivity contribution < 1.29 is 0 Å². The zero-order valence-corrected chi connectivity index (χ0v) is 14.2. The Morgan fingerprint density at radius 2 is 1.32 bits per heavy atom. The summed E-state index contributed by atoms with van der Waals surface area (Å²) in [6.07, 6.45) is 6.29. The highest BCUT2D eigenvalue weighted by molar-refractivity contribution is 5.85. The van der Waals surface area contributed by atoms with Gasteiger partial charge in [0.1, 0.15) is 0 Å². The van der Waals surface area contributed by atoms with Gasteiger partial charge in [-0.1, -0.05) is 67.1 Å². The predicted molar refractivity (Wildman–Crippen MR) is 96.8 cm³/mol. The van der Waals surface area contributed by atoms with Crippen molar-refractivity contribution in [2.45, 2.75) is 37.6 Å². The van der Waals surface area contributed by atoms with Crippen molar-refractivity contribution in [3.8, 4) is 0 Å². The molecule has 118 valence electrons. The van der Waals surface area contributed by atoms with E-state index in [1.165, 1.54) is 36.9 Å². The summed E-state index contributed by atoms with van der Waals surface area (Å²) in [7, 11) is 2.31. The van der Waals surface area contributed by atoms with Gasteiger partial charge in [0.05, 0.1) is 0 Å². The molecule has 0 saturated carbocycles. The van der Waals surface area contributed by atoms with Gasteiger partial charge in [0, 0.05) is 5.54 Å². The van der Waals surface area contributed by atoms with Crippen molar-refractivity contribution >= 4 is 12.4 Å². The lowest BCUT2D eigenvalue weighted by atomic mass is 9.77. The fraction of sp³-hybridized carbons (Fsp3) is 0.400. The molecule has 1 fully saturated rings. The SMILES string of the molecule is CN1CCCCC1(Cc1ccccc1)Cc1ccccc1.Cl. The maximum absolute atomic E-state index is 2.61. The van der Waals surface area contributed by atoms with Crippen molar-refractivity contribution in [2.75, 3.05) is 13.6 Å². The van der Waals surface area contributed by atoms with E-state index in [2.05, 4.69) is 72.6 Å². The topological polar surface area (TPSA) is 3.24 Å². The Hall–Kier alpha value is -1.31. The van der Waals surface area contributed by atoms with Crippen LogP contribution in [0.1, 0.15) is 30.4 Å². The Balaban J connectivity index is 0.00000176. The molecule has 0 bridgehead atoms. The number of halogens is 1. The van der Waals surface area contributed by atoms with Gasteiger partial charge in [0.2, 0.25) is 0 Å². The van der Waals surface area contributed by atoms with Crippen LogP contribution in [0.5, 0.6) is 0 Å². The second-order valence-corrected chi connectivity index (χ2v) is 6.43. The first-order chi connectivity index (χ1) is 10.3. The van der Waals surface area contributed by atoms with E-state index in [0.717, 1.165) is 12.8 Å². The summed E-state index contributed by atoms with van der Waals surface area (Å²) < 4.78 is 0. The number of nitrogens with zero attached hydrogens (tertiary/aromatic N) is 1. The zero-order valence-electron chi connectivity index (χ0n) is 13.4. The maximum Gasteiger partial charge on any atom is 0.0287 e. The third-order valence-corrected chi connectivity index (χ3v) is 4.95. The predicted octanol–water partition coefficient (Wildman–Crippen LogP) is 4.75. The molecule has 1 heterocycles. The van der Waals surface area contributed by atoms with Crippen LogP contribution >= 0.6 is 12.4 Å². The molecule has 0 radical (unpaired) electrons. The van der Waals surface area contributed by atoms with Gasteiger partial charge < -0.3 is 4.90 Å². The Labute approximate surface area is 140 Å². The van der Waals surface area contributed by atoms with Crippen LogP contribution < -0.4 is 0 Å². The summed E-state index contributed by atoms with van der Waals surface area (Å²) in [4.78, 5) is 2.61. The highest BCUT2D eigenvalue weighted by Gasteiger charge is 2.36. The minimum atomic E-state index is 0. The third-order valence-electron chi connectivity index (χ3n) is 4.95. The first-order valence-electron chi connectivity index (χ1n) is 8.08. The number of likely N-dealkylation sites (N-methyl/N-ethyl adjacent to an activating group) is 1. The summed E-state index contributed by atoms with van der Waals surface area (Å²) in [6.45, 7) is 1.22. The van der Waals surface area contributed by atoms with E-state index in [-0.39, 0.29) is 17.9 Å². The smallest absolute Gasteiger partial charge is 0.0287 e. The lowest BCUT2D eigenvalue weighted by Crippen LogP contribution is -2.52. The lowest BCUT2D eigenvalue weighted by molar-refractivity contribution is 0.0727. The fourth-order valence-electron chi connectivity index (χ4n) is 3.69. The van der Waals surface area contributed by atoms with Gasteiger partial charge in [-0.05, 0) is 50.4 Å². The van der Waals surface area contributed by atoms with Gasteiger partial charge in [-0.2, -0.15) is 0 Å². The summed E-state index contributed by atoms with van der Waals surface area (Å²) in [6, 6.07) is 22.0. The number of likely N-dealkylation sites (tertiary alicyclic amines) is 1. The Morgan fingerprint density at radius 1 is 0.818 bits per heavy atom. The molecule has 1 aliphatic heterocycles. The zero-order chi connectivity index (χ0) is 14.5. The molecule has 0 N–H and O–H groups in total. The molecule has 0 amide bonds. The molecule has 2 aromatic carbocycles. The molecule has 1 saturated heterocycles. The van der Waals surface area contributed by atoms with Gasteiger partial charge in [-0.25, -0.2) is 0 Å². The molecule has 0 atom stereocenters. The molecule has 2 heteroatoms. The van der Waals surface area contributed by atoms with E-state index >= 15 is 0 Å². The van der Waals surface area contributed by atoms with Crippen LogP contribution in [0, 0.1) is 0 Å². The van der Waals surface area contributed by atoms with Crippen LogP contribution in [-0.2, 0) is 12.8 Å². The van der Waals surface area contributed by atoms with Crippen LogP contribution in [0.4, 0.5) is 0 Å². The standard InChI is InChI=1S/C20H25N.ClH/c1-21-15-9-8-14-20(21,16-18-10-4-2-5-11-18)17-19-12-6-3-7-13-19;/h2-7,10-13H,8-9,14-17H2,1H3;1H. The van der Waals surface area contributed by atoms with E-state index in [0.29, 0.717) is 0 Å². The van der Waals surface area contributed by atoms with Gasteiger partial charge in [-0.3, -0.25) is 0 Å². The first kappa shape index (κ1) is 17.1. The molecule has 1 aliphatic rings. The minimum Gasteiger partial charge on any atom is -0.300 e. The number of hydrogen-bond donors (Lipinski definition) is 0. The van der Waals surface area contributed by atoms with E-state index in [9.17, 15) is 0 Å². The van der Waals surface area contributed by atoms with E-state index < -0.39 is 0 Å². The monoisotopic (exact) mass is 315 g/mol. The van der Waals surface area contributed by atoms with Crippen molar-refractivity contribution in [3.05, 3.63) is 71.8 Å². The fourth-order valence-corrected chi connectivity index (χ4v) is 3.69. The van der Waals surface area contributed by atoms with Gasteiger partial charge in [0.25, 0.3) is 0 Å². The minimum absolute atomic E-state index is 0. The largest absolute Gasteiger partial charge is 0.300 e. The number of benzene rings is 2. The van der Waals surface area contributed by atoms with Crippen LogP contribution in [0.15, 0.2) is 60.7 Å². The molecular weight excluding hydrogens is 290 g/mol. The van der Waals surface area contributed by atoms with Gasteiger partial charge in [0.15, 0.2) is 0 Å². The van der Waals surface area contributed by atoms with Crippen LogP contribution in [0.2, 0.25) is 0 Å². The van der Waals surface area contributed by atoms with Crippen LogP contribution in [-0.4, -0.2) is 24.0 Å². The average molecular weight is 316 g/mol. The molecule has 3 rings (SSSR count). The van der Waals surface area contributed by atoms with Gasteiger partial charge >= 0.3 is 0 Å². The Kier molecular flexibility index (Phi) is 6.05. The number of piperidine rings is 1. The molecular formula is C20H26ClN. The van der Waals surface area contributed by atoms with Crippen molar-refractivity contribution in [2.24, 2.45) is 0 Å². The van der Waals surface area contributed by atoms with E-state index in [1.54, 1.807) is 0 Å². The maximum atomic E-state index is 2.61. The second-order valence-electron chi connectivity index (χ2n) is 6.43. The van der Waals surface area contributed by atoms with Crippen molar-refractivity contribution in [1.82, 2.24) is 4.90 Å². The number of hydrogen-bond acceptors (Lipinski definition) is 1. The summed E-state index contributed by atoms with van der Waals surface area (Å²) in [5.41, 5.74) is 3.20. The Bertz CT molecular complexity index is 511. The first-order valence-corrected chi connectivity index (χ1v) is 8.08. The molecule has 1 nitrogen and oxygen atoms in total. The van der Waals surface area contributed by atoms with E-state index in [1.807, 2.05) is 0 Å². The number of rotatable bonds is 4. The molecule has 0 spiro atoms. The third kappa shape index (κ3) is 3.91. The van der Waals surface area contributed by atoms with Crippen LogP contribution in [0.3, 0.4) is 0 Å². The van der Waals surface area contributed by atoms with Crippen molar-refractivity contribution in [1.29, 1.82) is 0 Å². The molecule has 0 aliphatic carbocycles. The van der Waals surface area contributed by atoms with Gasteiger partial charge in [-0.15, -0.1) is 12.4 Å². The second kappa shape index (κ2) is 7.80. The summed E-state index contributed by atoms with van der Waals surface area (Å²) in [5.74, 6) is 0. The van der Waals surface area contributed by atoms with Crippen molar-refractivity contribution in [3.63, 3.8) is 0 Å². The highest BCUT2D eigenvalue weighted by Crippen LogP contribution is 2.33. The quantitative estimate of drug-likeness (QED) is 0.787. The lowest BCUT2D eigenvalue weighted by Gasteiger charge is -2.46. The van der Waals surface area contributed by atoms with Crippen LogP contribution in [0.25, 0.3) is 0 Å². The molecule has 22 heavy (non-hydrogen) atoms. The van der Waals surface area contributed by atoms with E-state index in [4.69, 9.17) is 0 Å². The highest BCUT2D eigenvalue weighted by atomic mass is 35.5. The summed E-state index contributed by atoms with van der Waals surface area (Å²) >= 11 is 0. The summed E-state index contributed by atoms with van der Waals surface area (Å²) in [5, 5.41) is 0. The normalized spacial score (nSPS) is 17.7.